The summed E-state index contributed by atoms with van der Waals surface area (Å²) in [5.41, 5.74) is 7.66. The summed E-state index contributed by atoms with van der Waals surface area (Å²) in [7, 11) is 0. The molecule has 0 amide bonds. The van der Waals surface area contributed by atoms with Crippen molar-refractivity contribution in [3.8, 4) is 0 Å². The van der Waals surface area contributed by atoms with Crippen LogP contribution in [0.1, 0.15) is 11.3 Å². The van der Waals surface area contributed by atoms with Gasteiger partial charge in [0, 0.05) is 12.6 Å². The lowest BCUT2D eigenvalue weighted by molar-refractivity contribution is 0.613. The van der Waals surface area contributed by atoms with Crippen molar-refractivity contribution in [2.45, 2.75) is 6.42 Å². The molecular formula is C12H11FN2. The van der Waals surface area contributed by atoms with Crippen molar-refractivity contribution in [3.05, 3.63) is 59.7 Å². The van der Waals surface area contributed by atoms with Crippen molar-refractivity contribution in [1.29, 1.82) is 0 Å². The Bertz CT molecular complexity index is 425. The third kappa shape index (κ3) is 2.13. The van der Waals surface area contributed by atoms with Crippen LogP contribution in [0, 0.1) is 5.82 Å². The van der Waals surface area contributed by atoms with Gasteiger partial charge in [-0.3, -0.25) is 4.98 Å². The Labute approximate surface area is 87.6 Å². The van der Waals surface area contributed by atoms with Gasteiger partial charge in [-0.2, -0.15) is 0 Å². The minimum absolute atomic E-state index is 0.220. The summed E-state index contributed by atoms with van der Waals surface area (Å²) in [4.78, 5) is 4.12. The first kappa shape index (κ1) is 9.65. The molecule has 1 aromatic carbocycles. The molecule has 0 fully saturated rings. The molecule has 76 valence electrons. The van der Waals surface area contributed by atoms with Crippen LogP contribution < -0.4 is 5.73 Å². The van der Waals surface area contributed by atoms with Gasteiger partial charge in [0.2, 0.25) is 0 Å². The zero-order valence-corrected chi connectivity index (χ0v) is 8.15. The van der Waals surface area contributed by atoms with Gasteiger partial charge in [-0.1, -0.05) is 18.2 Å². The normalized spacial score (nSPS) is 10.2. The second-order valence-electron chi connectivity index (χ2n) is 3.31. The zero-order chi connectivity index (χ0) is 10.7. The number of hydrogen-bond donors (Lipinski definition) is 1. The average molecular weight is 202 g/mol. The summed E-state index contributed by atoms with van der Waals surface area (Å²) in [6.45, 7) is 0. The van der Waals surface area contributed by atoms with Crippen molar-refractivity contribution in [1.82, 2.24) is 4.98 Å². The molecule has 0 bridgehead atoms. The van der Waals surface area contributed by atoms with Gasteiger partial charge in [0.15, 0.2) is 0 Å². The van der Waals surface area contributed by atoms with Gasteiger partial charge in [0.05, 0.1) is 11.4 Å². The van der Waals surface area contributed by atoms with E-state index in [1.807, 2.05) is 0 Å². The van der Waals surface area contributed by atoms with Crippen molar-refractivity contribution in [2.75, 3.05) is 5.73 Å². The molecule has 0 atom stereocenters. The molecule has 1 aromatic heterocycles. The molecule has 2 nitrogen and oxygen atoms in total. The number of nitrogens with two attached hydrogens (primary N) is 1. The monoisotopic (exact) mass is 202 g/mol. The number of hydrogen-bond acceptors (Lipinski definition) is 2. The van der Waals surface area contributed by atoms with Crippen LogP contribution >= 0.6 is 0 Å². The topological polar surface area (TPSA) is 38.9 Å². The zero-order valence-electron chi connectivity index (χ0n) is 8.15. The lowest BCUT2D eigenvalue weighted by Crippen LogP contribution is -1.99. The molecule has 0 aliphatic carbocycles. The summed E-state index contributed by atoms with van der Waals surface area (Å²) in [6, 6.07) is 10.2. The second-order valence-corrected chi connectivity index (χ2v) is 3.31. The maximum absolute atomic E-state index is 13.3. The van der Waals surface area contributed by atoms with Gasteiger partial charge in [0.25, 0.3) is 0 Å². The van der Waals surface area contributed by atoms with E-state index in [9.17, 15) is 4.39 Å². The molecule has 0 aliphatic heterocycles. The van der Waals surface area contributed by atoms with Crippen LogP contribution in [0.2, 0.25) is 0 Å². The van der Waals surface area contributed by atoms with Gasteiger partial charge in [-0.25, -0.2) is 4.39 Å². The minimum atomic E-state index is -0.220. The molecule has 0 unspecified atom stereocenters. The van der Waals surface area contributed by atoms with E-state index >= 15 is 0 Å². The lowest BCUT2D eigenvalue weighted by atomic mass is 10.1. The quantitative estimate of drug-likeness (QED) is 0.812. The van der Waals surface area contributed by atoms with E-state index in [-0.39, 0.29) is 5.82 Å². The fourth-order valence-corrected chi connectivity index (χ4v) is 1.42. The van der Waals surface area contributed by atoms with Crippen LogP contribution in [0.4, 0.5) is 10.1 Å². The number of nitrogen functional groups attached to an aromatic ring is 1. The predicted molar refractivity (Wildman–Crippen MR) is 57.9 cm³/mol. The van der Waals surface area contributed by atoms with E-state index in [2.05, 4.69) is 4.98 Å². The van der Waals surface area contributed by atoms with Gasteiger partial charge < -0.3 is 5.73 Å². The van der Waals surface area contributed by atoms with E-state index in [1.165, 1.54) is 6.07 Å². The Morgan fingerprint density at radius 1 is 1.13 bits per heavy atom. The highest BCUT2D eigenvalue weighted by molar-refractivity contribution is 5.44. The Kier molecular flexibility index (Phi) is 2.63. The molecule has 0 saturated heterocycles. The molecule has 0 spiro atoms. The molecule has 2 rings (SSSR count). The Hall–Kier alpha value is -1.90. The van der Waals surface area contributed by atoms with Crippen LogP contribution in [-0.4, -0.2) is 4.98 Å². The number of rotatable bonds is 2. The molecule has 2 N–H and O–H groups in total. The Morgan fingerprint density at radius 2 is 1.93 bits per heavy atom. The molecule has 1 heterocycles. The number of halogens is 1. The maximum Gasteiger partial charge on any atom is 0.126 e. The maximum atomic E-state index is 13.3. The van der Waals surface area contributed by atoms with E-state index < -0.39 is 0 Å². The van der Waals surface area contributed by atoms with Crippen LogP contribution in [0.5, 0.6) is 0 Å². The Morgan fingerprint density at radius 3 is 2.67 bits per heavy atom. The van der Waals surface area contributed by atoms with Gasteiger partial charge >= 0.3 is 0 Å². The van der Waals surface area contributed by atoms with Crippen molar-refractivity contribution >= 4 is 5.69 Å². The molecule has 15 heavy (non-hydrogen) atoms. The smallest absolute Gasteiger partial charge is 0.126 e. The highest BCUT2D eigenvalue weighted by Crippen LogP contribution is 2.15. The van der Waals surface area contributed by atoms with Gasteiger partial charge in [0.1, 0.15) is 5.82 Å². The predicted octanol–water partition coefficient (Wildman–Crippen LogP) is 2.39. The van der Waals surface area contributed by atoms with Crippen molar-refractivity contribution in [3.63, 3.8) is 0 Å². The van der Waals surface area contributed by atoms with E-state index in [4.69, 9.17) is 5.73 Å². The first-order valence-corrected chi connectivity index (χ1v) is 4.70. The average Bonchev–Trinajstić information content (AvgIpc) is 2.24. The fourth-order valence-electron chi connectivity index (χ4n) is 1.42. The number of pyridine rings is 1. The summed E-state index contributed by atoms with van der Waals surface area (Å²) in [5.74, 6) is -0.220. The summed E-state index contributed by atoms with van der Waals surface area (Å²) < 4.78 is 13.3. The third-order valence-electron chi connectivity index (χ3n) is 2.24. The minimum Gasteiger partial charge on any atom is -0.397 e. The first-order valence-electron chi connectivity index (χ1n) is 4.70. The molecular weight excluding hydrogens is 191 g/mol. The van der Waals surface area contributed by atoms with E-state index in [0.29, 0.717) is 23.4 Å². The number of anilines is 1. The number of aromatic nitrogens is 1. The van der Waals surface area contributed by atoms with E-state index in [0.717, 1.165) is 0 Å². The lowest BCUT2D eigenvalue weighted by Gasteiger charge is -2.04. The summed E-state index contributed by atoms with van der Waals surface area (Å²) in [5, 5.41) is 0. The van der Waals surface area contributed by atoms with E-state index in [1.54, 1.807) is 36.5 Å². The molecule has 0 aliphatic rings. The Balaban J connectivity index is 2.30. The van der Waals surface area contributed by atoms with Crippen LogP contribution in [-0.2, 0) is 6.42 Å². The molecule has 3 heteroatoms. The number of nitrogens with zero attached hydrogens (tertiary/aromatic N) is 1. The van der Waals surface area contributed by atoms with Gasteiger partial charge in [-0.15, -0.1) is 0 Å². The van der Waals surface area contributed by atoms with Gasteiger partial charge in [-0.05, 0) is 23.8 Å². The van der Waals surface area contributed by atoms with Crippen molar-refractivity contribution in [2.24, 2.45) is 0 Å². The SMILES string of the molecule is Nc1cccnc1Cc1ccccc1F. The number of benzene rings is 1. The highest BCUT2D eigenvalue weighted by Gasteiger charge is 2.05. The van der Waals surface area contributed by atoms with Crippen LogP contribution in [0.15, 0.2) is 42.6 Å². The molecule has 0 radical (unpaired) electrons. The van der Waals surface area contributed by atoms with Crippen LogP contribution in [0.3, 0.4) is 0 Å². The van der Waals surface area contributed by atoms with Crippen molar-refractivity contribution < 1.29 is 4.39 Å². The van der Waals surface area contributed by atoms with Crippen LogP contribution in [0.25, 0.3) is 0 Å². The second kappa shape index (κ2) is 4.09. The summed E-state index contributed by atoms with van der Waals surface area (Å²) >= 11 is 0. The highest BCUT2D eigenvalue weighted by atomic mass is 19.1. The standard InChI is InChI=1S/C12H11FN2/c13-10-5-2-1-4-9(10)8-12-11(14)6-3-7-15-12/h1-7H,8,14H2. The molecule has 0 saturated carbocycles. The summed E-state index contributed by atoms with van der Waals surface area (Å²) in [6.07, 6.45) is 2.09. The largest absolute Gasteiger partial charge is 0.397 e. The fraction of sp³-hybridized carbons (Fsp3) is 0.0833. The third-order valence-corrected chi connectivity index (χ3v) is 2.24. The molecule has 2 aromatic rings. The first-order chi connectivity index (χ1) is 7.27.